The molecule has 3 aliphatic rings. The third-order valence-electron chi connectivity index (χ3n) is 6.13. The Morgan fingerprint density at radius 2 is 2.06 bits per heavy atom. The van der Waals surface area contributed by atoms with Crippen molar-refractivity contribution in [2.24, 2.45) is 5.92 Å². The van der Waals surface area contributed by atoms with E-state index in [9.17, 15) is 0 Å². The molecule has 2 unspecified atom stereocenters. The molecule has 0 radical (unpaired) electrons. The number of quaternary nitrogens is 1. The van der Waals surface area contributed by atoms with E-state index in [1.807, 2.05) is 11.1 Å². The van der Waals surface area contributed by atoms with Gasteiger partial charge in [0.15, 0.2) is 0 Å². The Morgan fingerprint density at radius 3 is 2.78 bits per heavy atom. The molecule has 0 N–H and O–H groups in total. The second-order valence-corrected chi connectivity index (χ2v) is 7.12. The fourth-order valence-electron chi connectivity index (χ4n) is 5.12. The third-order valence-corrected chi connectivity index (χ3v) is 6.13. The molecule has 0 saturated carbocycles. The molecule has 1 nitrogen and oxygen atoms in total. The molecular formula is C16H28IN. The van der Waals surface area contributed by atoms with E-state index in [-0.39, 0.29) is 24.0 Å². The van der Waals surface area contributed by atoms with Crippen LogP contribution < -0.4 is 24.0 Å². The monoisotopic (exact) mass is 361 g/mol. The van der Waals surface area contributed by atoms with Crippen molar-refractivity contribution < 1.29 is 28.5 Å². The van der Waals surface area contributed by atoms with Gasteiger partial charge in [0, 0.05) is 18.8 Å². The molecule has 1 fully saturated rings. The van der Waals surface area contributed by atoms with Crippen LogP contribution in [-0.2, 0) is 0 Å². The molecule has 0 aromatic rings. The summed E-state index contributed by atoms with van der Waals surface area (Å²) in [7, 11) is 2.54. The zero-order valence-corrected chi connectivity index (χ0v) is 14.4. The smallest absolute Gasteiger partial charge is 0.118 e. The van der Waals surface area contributed by atoms with Gasteiger partial charge < -0.3 is 28.5 Å². The van der Waals surface area contributed by atoms with Gasteiger partial charge in [0.25, 0.3) is 0 Å². The van der Waals surface area contributed by atoms with Crippen molar-refractivity contribution in [1.29, 1.82) is 0 Å². The Kier molecular flexibility index (Phi) is 4.19. The predicted molar refractivity (Wildman–Crippen MR) is 72.8 cm³/mol. The SMILES string of the molecule is CCCC1C[C@]2(C)C3=C(CCC3)CC[N+]2(C)C1.[I-]. The fourth-order valence-corrected chi connectivity index (χ4v) is 5.12. The molecule has 0 amide bonds. The van der Waals surface area contributed by atoms with Crippen LogP contribution in [0.5, 0.6) is 0 Å². The molecule has 2 aliphatic heterocycles. The number of halogens is 1. The van der Waals surface area contributed by atoms with Crippen LogP contribution >= 0.6 is 0 Å². The van der Waals surface area contributed by atoms with Crippen LogP contribution in [-0.4, -0.2) is 30.2 Å². The van der Waals surface area contributed by atoms with Gasteiger partial charge in [0.05, 0.1) is 20.1 Å². The standard InChI is InChI=1S/C16H28N.HI/c1-4-6-13-11-16(2)15-8-5-7-14(15)9-10-17(16,3)12-13;/h13H,4-12H2,1-3H3;1H/q+1;/p-1/t13?,16-,17?;/m1./s1. The maximum atomic E-state index is 2.59. The van der Waals surface area contributed by atoms with Gasteiger partial charge in [-0.2, -0.15) is 0 Å². The first-order chi connectivity index (χ1) is 8.09. The Morgan fingerprint density at radius 1 is 1.28 bits per heavy atom. The highest BCUT2D eigenvalue weighted by Crippen LogP contribution is 2.53. The molecule has 0 aromatic heterocycles. The minimum atomic E-state index is 0. The summed E-state index contributed by atoms with van der Waals surface area (Å²) in [5, 5.41) is 0. The lowest BCUT2D eigenvalue weighted by Crippen LogP contribution is -3.00. The number of fused-ring (bicyclic) bond motifs is 2. The molecule has 0 spiro atoms. The maximum absolute atomic E-state index is 2.59. The summed E-state index contributed by atoms with van der Waals surface area (Å²) in [6.45, 7) is 7.79. The van der Waals surface area contributed by atoms with Crippen molar-refractivity contribution in [2.45, 2.75) is 64.3 Å². The van der Waals surface area contributed by atoms with E-state index in [1.165, 1.54) is 62.5 Å². The van der Waals surface area contributed by atoms with E-state index in [0.29, 0.717) is 5.54 Å². The molecule has 2 heteroatoms. The van der Waals surface area contributed by atoms with E-state index < -0.39 is 0 Å². The van der Waals surface area contributed by atoms with E-state index >= 15 is 0 Å². The first-order valence-electron chi connectivity index (χ1n) is 7.65. The largest absolute Gasteiger partial charge is 1.00 e. The van der Waals surface area contributed by atoms with E-state index in [4.69, 9.17) is 0 Å². The minimum Gasteiger partial charge on any atom is -1.00 e. The number of hydrogen-bond acceptors (Lipinski definition) is 0. The van der Waals surface area contributed by atoms with Crippen molar-refractivity contribution in [2.75, 3.05) is 20.1 Å². The number of rotatable bonds is 2. The predicted octanol–water partition coefficient (Wildman–Crippen LogP) is 0.900. The van der Waals surface area contributed by atoms with Crippen LogP contribution in [0, 0.1) is 5.92 Å². The molecule has 18 heavy (non-hydrogen) atoms. The van der Waals surface area contributed by atoms with Gasteiger partial charge in [-0.3, -0.25) is 0 Å². The lowest BCUT2D eigenvalue weighted by Gasteiger charge is -2.48. The molecule has 0 aromatic carbocycles. The summed E-state index contributed by atoms with van der Waals surface area (Å²) in [6.07, 6.45) is 9.97. The zero-order valence-electron chi connectivity index (χ0n) is 12.3. The van der Waals surface area contributed by atoms with Gasteiger partial charge in [0.2, 0.25) is 0 Å². The van der Waals surface area contributed by atoms with E-state index in [0.717, 1.165) is 5.92 Å². The lowest BCUT2D eigenvalue weighted by atomic mass is 9.79. The summed E-state index contributed by atoms with van der Waals surface area (Å²) >= 11 is 0. The van der Waals surface area contributed by atoms with E-state index in [2.05, 4.69) is 20.9 Å². The van der Waals surface area contributed by atoms with Gasteiger partial charge >= 0.3 is 0 Å². The molecule has 1 aliphatic carbocycles. The minimum absolute atomic E-state index is 0. The molecule has 104 valence electrons. The second-order valence-electron chi connectivity index (χ2n) is 7.12. The number of hydrogen-bond donors (Lipinski definition) is 0. The molecule has 3 rings (SSSR count). The molecule has 1 saturated heterocycles. The van der Waals surface area contributed by atoms with Gasteiger partial charge in [-0.05, 0) is 38.2 Å². The van der Waals surface area contributed by atoms with Gasteiger partial charge in [0.1, 0.15) is 5.54 Å². The summed E-state index contributed by atoms with van der Waals surface area (Å²) in [5.74, 6) is 0.988. The summed E-state index contributed by atoms with van der Waals surface area (Å²) in [5.41, 5.74) is 4.27. The van der Waals surface area contributed by atoms with Gasteiger partial charge in [-0.1, -0.05) is 18.9 Å². The lowest BCUT2D eigenvalue weighted by molar-refractivity contribution is -0.941. The number of likely N-dealkylation sites (N-methyl/N-ethyl adjacent to an activating group) is 1. The Bertz CT molecular complexity index is 362. The normalized spacial score (nSPS) is 42.5. The second kappa shape index (κ2) is 5.08. The highest BCUT2D eigenvalue weighted by atomic mass is 127. The highest BCUT2D eigenvalue weighted by Gasteiger charge is 2.57. The van der Waals surface area contributed by atoms with Crippen LogP contribution in [0.15, 0.2) is 11.1 Å². The average molecular weight is 361 g/mol. The quantitative estimate of drug-likeness (QED) is 0.390. The van der Waals surface area contributed by atoms with Gasteiger partial charge in [-0.15, -0.1) is 0 Å². The Labute approximate surface area is 130 Å². The highest BCUT2D eigenvalue weighted by molar-refractivity contribution is 5.31. The Hall–Kier alpha value is 0.430. The first-order valence-corrected chi connectivity index (χ1v) is 7.65. The Balaban J connectivity index is 0.00000120. The topological polar surface area (TPSA) is 0 Å². The van der Waals surface area contributed by atoms with Crippen molar-refractivity contribution in [3.8, 4) is 0 Å². The zero-order chi connectivity index (χ0) is 12.1. The van der Waals surface area contributed by atoms with Crippen molar-refractivity contribution in [3.63, 3.8) is 0 Å². The molecule has 3 atom stereocenters. The number of nitrogens with zero attached hydrogens (tertiary/aromatic N) is 1. The maximum Gasteiger partial charge on any atom is 0.118 e. The van der Waals surface area contributed by atoms with Crippen molar-refractivity contribution in [3.05, 3.63) is 11.1 Å². The van der Waals surface area contributed by atoms with Crippen LogP contribution in [0.3, 0.4) is 0 Å². The van der Waals surface area contributed by atoms with Crippen LogP contribution in [0.2, 0.25) is 0 Å². The average Bonchev–Trinajstić information content (AvgIpc) is 2.82. The third kappa shape index (κ3) is 1.98. The van der Waals surface area contributed by atoms with Crippen molar-refractivity contribution >= 4 is 0 Å². The van der Waals surface area contributed by atoms with Crippen molar-refractivity contribution in [1.82, 2.24) is 0 Å². The van der Waals surface area contributed by atoms with Crippen LogP contribution in [0.25, 0.3) is 0 Å². The molecule has 2 heterocycles. The molecule has 0 bridgehead atoms. The van der Waals surface area contributed by atoms with E-state index in [1.54, 1.807) is 0 Å². The summed E-state index contributed by atoms with van der Waals surface area (Å²) < 4.78 is 1.36. The van der Waals surface area contributed by atoms with Crippen LogP contribution in [0.1, 0.15) is 58.8 Å². The molecular weight excluding hydrogens is 333 g/mol. The first kappa shape index (κ1) is 14.8. The summed E-state index contributed by atoms with van der Waals surface area (Å²) in [6, 6.07) is 0. The van der Waals surface area contributed by atoms with Gasteiger partial charge in [-0.25, -0.2) is 0 Å². The van der Waals surface area contributed by atoms with Crippen LogP contribution in [0.4, 0.5) is 0 Å². The summed E-state index contributed by atoms with van der Waals surface area (Å²) in [4.78, 5) is 0. The fraction of sp³-hybridized carbons (Fsp3) is 0.875.